The Labute approximate surface area is 545 Å². The Morgan fingerprint density at radius 2 is 0.648 bits per heavy atom. The minimum absolute atomic E-state index is 0.0270. The van der Waals surface area contributed by atoms with Crippen molar-refractivity contribution in [1.29, 1.82) is 0 Å². The zero-order valence-electron chi connectivity index (χ0n) is 58.5. The quantitative estimate of drug-likeness (QED) is 0.0211. The summed E-state index contributed by atoms with van der Waals surface area (Å²) in [5, 5.41) is 0. The van der Waals surface area contributed by atoms with E-state index in [0.29, 0.717) is 17.4 Å². The van der Waals surface area contributed by atoms with Crippen LogP contribution in [-0.2, 0) is 32.7 Å². The van der Waals surface area contributed by atoms with Crippen molar-refractivity contribution in [3.8, 4) is 0 Å². The predicted molar refractivity (Wildman–Crippen MR) is 381 cm³/mol. The molecular formula is C78H143NO8P+. The molecule has 0 aliphatic rings. The summed E-state index contributed by atoms with van der Waals surface area (Å²) >= 11 is 0. The number of nitrogens with zero attached hydrogens (tertiary/aromatic N) is 1. The maximum atomic E-state index is 12.9. The van der Waals surface area contributed by atoms with Crippen LogP contribution >= 0.6 is 7.82 Å². The minimum atomic E-state index is -4.40. The van der Waals surface area contributed by atoms with Gasteiger partial charge in [0.1, 0.15) is 19.8 Å². The second-order valence-corrected chi connectivity index (χ2v) is 27.8. The van der Waals surface area contributed by atoms with Gasteiger partial charge in [-0.15, -0.1) is 0 Å². The first-order valence-electron chi connectivity index (χ1n) is 37.3. The second-order valence-electron chi connectivity index (χ2n) is 26.3. The van der Waals surface area contributed by atoms with Gasteiger partial charge in [0.2, 0.25) is 0 Å². The Morgan fingerprint density at radius 1 is 0.364 bits per heavy atom. The van der Waals surface area contributed by atoms with Crippen LogP contribution in [0.2, 0.25) is 0 Å². The van der Waals surface area contributed by atoms with E-state index in [0.717, 1.165) is 89.9 Å². The van der Waals surface area contributed by atoms with Gasteiger partial charge >= 0.3 is 19.8 Å². The summed E-state index contributed by atoms with van der Waals surface area (Å²) in [5.74, 6) is -0.800. The van der Waals surface area contributed by atoms with Gasteiger partial charge in [-0.05, 0) is 70.6 Å². The summed E-state index contributed by atoms with van der Waals surface area (Å²) < 4.78 is 34.7. The lowest BCUT2D eigenvalue weighted by atomic mass is 10.0. The molecule has 0 rings (SSSR count). The number of likely N-dealkylation sites (N-methyl/N-ethyl adjacent to an activating group) is 1. The van der Waals surface area contributed by atoms with Crippen molar-refractivity contribution in [1.82, 2.24) is 0 Å². The van der Waals surface area contributed by atoms with E-state index in [1.54, 1.807) is 0 Å². The molecule has 0 aliphatic heterocycles. The predicted octanol–water partition coefficient (Wildman–Crippen LogP) is 24.5. The summed E-state index contributed by atoms with van der Waals surface area (Å²) in [4.78, 5) is 35.9. The molecule has 88 heavy (non-hydrogen) atoms. The zero-order chi connectivity index (χ0) is 64.1. The van der Waals surface area contributed by atoms with Gasteiger partial charge in [0.25, 0.3) is 0 Å². The third-order valence-corrected chi connectivity index (χ3v) is 17.4. The third-order valence-electron chi connectivity index (χ3n) is 16.4. The Morgan fingerprint density at radius 3 is 0.966 bits per heavy atom. The van der Waals surface area contributed by atoms with Crippen LogP contribution < -0.4 is 0 Å². The summed E-state index contributed by atoms with van der Waals surface area (Å²) in [6, 6.07) is 0. The molecule has 0 aromatic carbocycles. The molecule has 0 aromatic rings. The Kier molecular flexibility index (Phi) is 66.4. The highest BCUT2D eigenvalue weighted by Crippen LogP contribution is 2.43. The maximum absolute atomic E-state index is 12.9. The second kappa shape index (κ2) is 68.6. The highest BCUT2D eigenvalue weighted by Gasteiger charge is 2.27. The molecule has 0 fully saturated rings. The lowest BCUT2D eigenvalue weighted by Crippen LogP contribution is -2.37. The molecule has 1 N–H and O–H groups in total. The molecule has 2 atom stereocenters. The number of allylic oxidation sites excluding steroid dienone is 14. The van der Waals surface area contributed by atoms with Gasteiger partial charge in [0.15, 0.2) is 6.10 Å². The lowest BCUT2D eigenvalue weighted by Gasteiger charge is -2.24. The highest BCUT2D eigenvalue weighted by atomic mass is 31.2. The monoisotopic (exact) mass is 1250 g/mol. The van der Waals surface area contributed by atoms with E-state index in [2.05, 4.69) is 98.9 Å². The first-order chi connectivity index (χ1) is 43.0. The molecule has 0 saturated heterocycles. The standard InChI is InChI=1S/C78H142NO8P/c1-6-8-10-12-14-16-18-20-22-24-26-28-30-32-34-36-37-38-39-40-41-43-44-46-48-50-52-54-56-58-60-62-64-66-68-70-77(80)84-74-76(75-86-88(82,83)85-73-72-79(3,4)5)87-78(81)71-69-67-65-63-61-59-57-55-53-51-49-47-45-42-35-33-31-29-27-25-23-21-19-17-15-13-11-9-7-2/h9,11,15,17,21,23,27,29,33,35,45,47,51,53,76H,6-8,10,12-14,16,18-20,22,24-26,28,30-32,34,36-44,46,48-50,52,54-75H2,1-5H3/p+1/b11-9-,17-15-,23-21-,29-27-,35-33-,47-45-,53-51-. The Hall–Kier alpha value is -2.81. The average Bonchev–Trinajstić information content (AvgIpc) is 3.68. The first kappa shape index (κ1) is 85.2. The molecule has 10 heteroatoms. The van der Waals surface area contributed by atoms with Crippen LogP contribution in [0, 0.1) is 0 Å². The number of hydrogen-bond donors (Lipinski definition) is 1. The summed E-state index contributed by atoms with van der Waals surface area (Å²) in [6.45, 7) is 4.35. The van der Waals surface area contributed by atoms with Crippen LogP contribution in [0.3, 0.4) is 0 Å². The third kappa shape index (κ3) is 72.3. The number of esters is 2. The van der Waals surface area contributed by atoms with Gasteiger partial charge in [-0.1, -0.05) is 349 Å². The van der Waals surface area contributed by atoms with E-state index < -0.39 is 26.5 Å². The highest BCUT2D eigenvalue weighted by molar-refractivity contribution is 7.47. The van der Waals surface area contributed by atoms with Crippen LogP contribution in [0.15, 0.2) is 85.1 Å². The van der Waals surface area contributed by atoms with Gasteiger partial charge in [-0.3, -0.25) is 18.6 Å². The number of phosphoric ester groups is 1. The molecule has 512 valence electrons. The number of rotatable bonds is 69. The molecular weight excluding hydrogens is 1110 g/mol. The number of carbonyl (C=O) groups is 2. The van der Waals surface area contributed by atoms with E-state index in [1.807, 2.05) is 21.1 Å². The molecule has 2 unspecified atom stereocenters. The van der Waals surface area contributed by atoms with Gasteiger partial charge < -0.3 is 18.9 Å². The zero-order valence-corrected chi connectivity index (χ0v) is 59.4. The van der Waals surface area contributed by atoms with E-state index in [4.69, 9.17) is 18.5 Å². The number of hydrogen-bond acceptors (Lipinski definition) is 7. The van der Waals surface area contributed by atoms with Crippen LogP contribution in [-0.4, -0.2) is 74.9 Å². The fourth-order valence-corrected chi connectivity index (χ4v) is 11.5. The van der Waals surface area contributed by atoms with Gasteiger partial charge in [0.05, 0.1) is 27.7 Å². The number of ether oxygens (including phenoxy) is 2. The van der Waals surface area contributed by atoms with Crippen molar-refractivity contribution in [3.05, 3.63) is 85.1 Å². The smallest absolute Gasteiger partial charge is 0.462 e. The summed E-state index contributed by atoms with van der Waals surface area (Å²) in [7, 11) is 1.47. The SMILES string of the molecule is CC/C=C\C/C=C\C/C=C\C/C=C\C/C=C\C/C=C\C/C=C\CCCCCCCCCC(=O)OC(COC(=O)CCCCCCCCCCCCCCCCCCCCCCCCCCCCCCCCCCCCC)COP(=O)(O)OCC[N+](C)(C)C. The molecule has 0 aromatic heterocycles. The minimum Gasteiger partial charge on any atom is -0.462 e. The van der Waals surface area contributed by atoms with Crippen molar-refractivity contribution in [3.63, 3.8) is 0 Å². The number of phosphoric acid groups is 1. The molecule has 0 spiro atoms. The average molecular weight is 1250 g/mol. The maximum Gasteiger partial charge on any atom is 0.472 e. The van der Waals surface area contributed by atoms with Gasteiger partial charge in [-0.2, -0.15) is 0 Å². The topological polar surface area (TPSA) is 108 Å². The van der Waals surface area contributed by atoms with E-state index in [-0.39, 0.29) is 32.0 Å². The number of carbonyl (C=O) groups excluding carboxylic acids is 2. The Bertz CT molecular complexity index is 1760. The van der Waals surface area contributed by atoms with Crippen molar-refractivity contribution in [2.45, 2.75) is 354 Å². The lowest BCUT2D eigenvalue weighted by molar-refractivity contribution is -0.870. The van der Waals surface area contributed by atoms with Crippen LogP contribution in [0.25, 0.3) is 0 Å². The summed E-state index contributed by atoms with van der Waals surface area (Å²) in [5.41, 5.74) is 0. The summed E-state index contributed by atoms with van der Waals surface area (Å²) in [6.07, 6.45) is 94.3. The Balaban J connectivity index is 4.00. The van der Waals surface area contributed by atoms with E-state index in [9.17, 15) is 19.0 Å². The van der Waals surface area contributed by atoms with Crippen LogP contribution in [0.1, 0.15) is 348 Å². The molecule has 0 saturated carbocycles. The largest absolute Gasteiger partial charge is 0.472 e. The molecule has 0 radical (unpaired) electrons. The first-order valence-corrected chi connectivity index (χ1v) is 38.8. The van der Waals surface area contributed by atoms with Crippen LogP contribution in [0.4, 0.5) is 0 Å². The molecule has 0 amide bonds. The van der Waals surface area contributed by atoms with E-state index >= 15 is 0 Å². The van der Waals surface area contributed by atoms with Gasteiger partial charge in [-0.25, -0.2) is 4.57 Å². The number of unbranched alkanes of at least 4 members (excludes halogenated alkanes) is 41. The number of quaternary nitrogens is 1. The normalized spacial score (nSPS) is 13.6. The van der Waals surface area contributed by atoms with Crippen LogP contribution in [0.5, 0.6) is 0 Å². The van der Waals surface area contributed by atoms with Crippen molar-refractivity contribution < 1.29 is 42.1 Å². The molecule has 0 bridgehead atoms. The van der Waals surface area contributed by atoms with Crippen molar-refractivity contribution in [2.75, 3.05) is 47.5 Å². The van der Waals surface area contributed by atoms with Crippen molar-refractivity contribution in [2.24, 2.45) is 0 Å². The molecule has 0 aliphatic carbocycles. The fourth-order valence-electron chi connectivity index (χ4n) is 10.8. The van der Waals surface area contributed by atoms with Crippen molar-refractivity contribution >= 4 is 19.8 Å². The van der Waals surface area contributed by atoms with E-state index in [1.165, 1.54) is 225 Å². The molecule has 0 heterocycles. The molecule has 9 nitrogen and oxygen atoms in total. The van der Waals surface area contributed by atoms with Gasteiger partial charge in [0, 0.05) is 12.8 Å². The fraction of sp³-hybridized carbons (Fsp3) is 0.795.